The van der Waals surface area contributed by atoms with Gasteiger partial charge in [-0.25, -0.2) is 4.39 Å². The molecule has 0 saturated carbocycles. The minimum Gasteiger partial charge on any atom is -0.339 e. The van der Waals surface area contributed by atoms with Gasteiger partial charge in [0, 0.05) is 25.2 Å². The summed E-state index contributed by atoms with van der Waals surface area (Å²) in [5, 5.41) is 0. The van der Waals surface area contributed by atoms with E-state index in [0.29, 0.717) is 5.92 Å². The molecule has 2 N–H and O–H groups in total. The quantitative estimate of drug-likeness (QED) is 0.870. The third-order valence-electron chi connectivity index (χ3n) is 4.15. The second-order valence-corrected chi connectivity index (χ2v) is 5.88. The summed E-state index contributed by atoms with van der Waals surface area (Å²) in [6, 6.07) is 6.31. The van der Waals surface area contributed by atoms with Crippen LogP contribution in [0, 0.1) is 11.7 Å². The first-order valence-corrected chi connectivity index (χ1v) is 7.46. The van der Waals surface area contributed by atoms with Crippen LogP contribution in [0.1, 0.15) is 32.3 Å². The van der Waals surface area contributed by atoms with Gasteiger partial charge in [0.25, 0.3) is 0 Å². The number of halogens is 1. The molecule has 1 fully saturated rings. The monoisotopic (exact) mass is 290 g/mol. The van der Waals surface area contributed by atoms with E-state index < -0.39 is 0 Å². The topological polar surface area (TPSA) is 46.3 Å². The zero-order chi connectivity index (χ0) is 15.4. The van der Waals surface area contributed by atoms with Gasteiger partial charge < -0.3 is 10.6 Å². The van der Waals surface area contributed by atoms with Crippen LogP contribution < -0.4 is 5.73 Å². The Balaban J connectivity index is 2.05. The molecule has 1 aromatic rings. The standard InChI is InChI=1S/C17H23FN2O/c1-12(14-5-7-16(18)8-6-14)10-17(21)20-9-3-4-15(11-20)13(2)19/h5-8,10,13,15H,3-4,9,11,19H2,1-2H3/b12-10+. The van der Waals surface area contributed by atoms with E-state index in [-0.39, 0.29) is 17.8 Å². The fourth-order valence-corrected chi connectivity index (χ4v) is 2.71. The molecule has 1 amide bonds. The van der Waals surface area contributed by atoms with Crippen molar-refractivity contribution in [2.75, 3.05) is 13.1 Å². The highest BCUT2D eigenvalue weighted by Gasteiger charge is 2.24. The zero-order valence-corrected chi connectivity index (χ0v) is 12.7. The number of carbonyl (C=O) groups is 1. The third-order valence-corrected chi connectivity index (χ3v) is 4.15. The maximum absolute atomic E-state index is 12.9. The van der Waals surface area contributed by atoms with Crippen LogP contribution in [0.25, 0.3) is 5.57 Å². The number of piperidine rings is 1. The number of benzene rings is 1. The molecule has 21 heavy (non-hydrogen) atoms. The highest BCUT2D eigenvalue weighted by molar-refractivity contribution is 5.94. The minimum absolute atomic E-state index is 0.0159. The maximum atomic E-state index is 12.9. The molecule has 1 heterocycles. The van der Waals surface area contributed by atoms with Crippen molar-refractivity contribution in [2.24, 2.45) is 11.7 Å². The lowest BCUT2D eigenvalue weighted by atomic mass is 9.92. The number of nitrogens with zero attached hydrogens (tertiary/aromatic N) is 1. The SMILES string of the molecule is C/C(=C\C(=O)N1CCCC(C(C)N)C1)c1ccc(F)cc1. The average Bonchev–Trinajstić information content (AvgIpc) is 2.48. The number of hydrogen-bond donors (Lipinski definition) is 1. The lowest BCUT2D eigenvalue weighted by Crippen LogP contribution is -2.44. The molecule has 1 aromatic carbocycles. The molecular formula is C17H23FN2O. The van der Waals surface area contributed by atoms with Crippen LogP contribution in [-0.4, -0.2) is 29.9 Å². The Morgan fingerprint density at radius 3 is 2.71 bits per heavy atom. The second kappa shape index (κ2) is 6.85. The van der Waals surface area contributed by atoms with Crippen molar-refractivity contribution in [2.45, 2.75) is 32.7 Å². The Morgan fingerprint density at radius 2 is 2.10 bits per heavy atom. The highest BCUT2D eigenvalue weighted by Crippen LogP contribution is 2.20. The van der Waals surface area contributed by atoms with E-state index in [0.717, 1.165) is 37.1 Å². The van der Waals surface area contributed by atoms with Crippen LogP contribution in [-0.2, 0) is 4.79 Å². The Hall–Kier alpha value is -1.68. The minimum atomic E-state index is -0.270. The summed E-state index contributed by atoms with van der Waals surface area (Å²) in [7, 11) is 0. The van der Waals surface area contributed by atoms with Crippen LogP contribution in [0.4, 0.5) is 4.39 Å². The van der Waals surface area contributed by atoms with Crippen molar-refractivity contribution in [3.05, 3.63) is 41.7 Å². The first-order chi connectivity index (χ1) is 9.97. The van der Waals surface area contributed by atoms with Crippen molar-refractivity contribution in [3.63, 3.8) is 0 Å². The number of nitrogens with two attached hydrogens (primary N) is 1. The number of hydrogen-bond acceptors (Lipinski definition) is 2. The lowest BCUT2D eigenvalue weighted by Gasteiger charge is -2.34. The molecule has 0 spiro atoms. The molecule has 3 nitrogen and oxygen atoms in total. The summed E-state index contributed by atoms with van der Waals surface area (Å²) in [5.74, 6) is 0.123. The van der Waals surface area contributed by atoms with E-state index in [1.54, 1.807) is 18.2 Å². The number of allylic oxidation sites excluding steroid dienone is 1. The average molecular weight is 290 g/mol. The summed E-state index contributed by atoms with van der Waals surface area (Å²) >= 11 is 0. The van der Waals surface area contributed by atoms with Crippen molar-refractivity contribution < 1.29 is 9.18 Å². The molecule has 0 radical (unpaired) electrons. The molecule has 1 saturated heterocycles. The van der Waals surface area contributed by atoms with Gasteiger partial charge in [-0.15, -0.1) is 0 Å². The fourth-order valence-electron chi connectivity index (χ4n) is 2.71. The van der Waals surface area contributed by atoms with Gasteiger partial charge in [0.2, 0.25) is 5.91 Å². The fraction of sp³-hybridized carbons (Fsp3) is 0.471. The molecule has 2 rings (SSSR count). The van der Waals surface area contributed by atoms with Gasteiger partial charge in [0.15, 0.2) is 0 Å². The Bertz CT molecular complexity index is 522. The summed E-state index contributed by atoms with van der Waals surface area (Å²) in [5.41, 5.74) is 7.66. The molecule has 4 heteroatoms. The van der Waals surface area contributed by atoms with E-state index >= 15 is 0 Å². The third kappa shape index (κ3) is 4.14. The Morgan fingerprint density at radius 1 is 1.43 bits per heavy atom. The number of likely N-dealkylation sites (tertiary alicyclic amines) is 1. The molecule has 114 valence electrons. The van der Waals surface area contributed by atoms with Crippen molar-refractivity contribution in [1.29, 1.82) is 0 Å². The Kier molecular flexibility index (Phi) is 5.12. The van der Waals surface area contributed by atoms with Crippen molar-refractivity contribution in [1.82, 2.24) is 4.90 Å². The smallest absolute Gasteiger partial charge is 0.246 e. The summed E-state index contributed by atoms with van der Waals surface area (Å²) < 4.78 is 12.9. The normalized spacial score (nSPS) is 21.2. The maximum Gasteiger partial charge on any atom is 0.246 e. The molecule has 1 aliphatic rings. The van der Waals surface area contributed by atoms with Gasteiger partial charge in [0.05, 0.1) is 0 Å². The van der Waals surface area contributed by atoms with E-state index in [2.05, 4.69) is 0 Å². The molecule has 2 unspecified atom stereocenters. The van der Waals surface area contributed by atoms with Crippen molar-refractivity contribution >= 4 is 11.5 Å². The molecule has 2 atom stereocenters. The summed E-state index contributed by atoms with van der Waals surface area (Å²) in [6.45, 7) is 5.38. The largest absolute Gasteiger partial charge is 0.339 e. The van der Waals surface area contributed by atoms with Gasteiger partial charge in [-0.3, -0.25) is 4.79 Å². The van der Waals surface area contributed by atoms with Crippen LogP contribution in [0.15, 0.2) is 30.3 Å². The van der Waals surface area contributed by atoms with Gasteiger partial charge in [-0.2, -0.15) is 0 Å². The van der Waals surface area contributed by atoms with Gasteiger partial charge in [0.1, 0.15) is 5.82 Å². The van der Waals surface area contributed by atoms with Gasteiger partial charge >= 0.3 is 0 Å². The highest BCUT2D eigenvalue weighted by atomic mass is 19.1. The van der Waals surface area contributed by atoms with Gasteiger partial charge in [-0.1, -0.05) is 12.1 Å². The number of rotatable bonds is 3. The zero-order valence-electron chi connectivity index (χ0n) is 12.7. The second-order valence-electron chi connectivity index (χ2n) is 5.88. The Labute approximate surface area is 125 Å². The molecule has 0 aliphatic carbocycles. The molecule has 0 bridgehead atoms. The molecular weight excluding hydrogens is 267 g/mol. The first-order valence-electron chi connectivity index (χ1n) is 7.46. The predicted molar refractivity (Wildman–Crippen MR) is 83.0 cm³/mol. The van der Waals surface area contributed by atoms with Crippen LogP contribution >= 0.6 is 0 Å². The predicted octanol–water partition coefficient (Wildman–Crippen LogP) is 2.81. The summed E-state index contributed by atoms with van der Waals surface area (Å²) in [4.78, 5) is 14.2. The number of carbonyl (C=O) groups excluding carboxylic acids is 1. The number of amides is 1. The van der Waals surface area contributed by atoms with E-state index in [1.807, 2.05) is 18.7 Å². The molecule has 0 aromatic heterocycles. The van der Waals surface area contributed by atoms with Crippen molar-refractivity contribution in [3.8, 4) is 0 Å². The van der Waals surface area contributed by atoms with Crippen LogP contribution in [0.5, 0.6) is 0 Å². The molecule has 1 aliphatic heterocycles. The lowest BCUT2D eigenvalue weighted by molar-refractivity contribution is -0.127. The van der Waals surface area contributed by atoms with E-state index in [9.17, 15) is 9.18 Å². The van der Waals surface area contributed by atoms with E-state index in [4.69, 9.17) is 5.73 Å². The van der Waals surface area contributed by atoms with Crippen LogP contribution in [0.3, 0.4) is 0 Å². The van der Waals surface area contributed by atoms with E-state index in [1.165, 1.54) is 12.1 Å². The first kappa shape index (κ1) is 15.7. The van der Waals surface area contributed by atoms with Gasteiger partial charge in [-0.05, 0) is 55.9 Å². The summed E-state index contributed by atoms with van der Waals surface area (Å²) in [6.07, 6.45) is 3.72. The van der Waals surface area contributed by atoms with Crippen LogP contribution in [0.2, 0.25) is 0 Å².